The minimum atomic E-state index is -4.70. The second-order valence-corrected chi connectivity index (χ2v) is 3.28. The summed E-state index contributed by atoms with van der Waals surface area (Å²) in [6.07, 6.45) is -6.83. The van der Waals surface area contributed by atoms with Gasteiger partial charge in [0.05, 0.1) is 6.54 Å². The average Bonchev–Trinajstić information content (AvgIpc) is 2.12. The number of carbonyl (C=O) groups is 1. The highest BCUT2D eigenvalue weighted by Gasteiger charge is 2.38. The third-order valence-electron chi connectivity index (χ3n) is 1.89. The number of nitrogens with one attached hydrogen (secondary N) is 1. The molecule has 7 heteroatoms. The van der Waals surface area contributed by atoms with Crippen LogP contribution in [-0.4, -0.2) is 36.4 Å². The van der Waals surface area contributed by atoms with Gasteiger partial charge in [0.2, 0.25) is 5.91 Å². The Hall–Kier alpha value is -0.820. The molecule has 0 aliphatic rings. The number of aliphatic hydroxyl groups is 1. The smallest absolute Gasteiger partial charge is 0.382 e. The molecule has 0 saturated heterocycles. The highest BCUT2D eigenvalue weighted by Crippen LogP contribution is 2.19. The number of carbonyl (C=O) groups excluding carboxylic acids is 1. The fourth-order valence-electron chi connectivity index (χ4n) is 0.868. The maximum atomic E-state index is 11.8. The second kappa shape index (κ2) is 5.92. The molecular formula is C8H15F3N2O2. The molecular weight excluding hydrogens is 213 g/mol. The molecule has 90 valence electrons. The zero-order valence-corrected chi connectivity index (χ0v) is 8.34. The Balaban J connectivity index is 3.90. The Morgan fingerprint density at radius 2 is 2.07 bits per heavy atom. The van der Waals surface area contributed by atoms with E-state index in [2.05, 4.69) is 0 Å². The number of hydrogen-bond acceptors (Lipinski definition) is 3. The van der Waals surface area contributed by atoms with Crippen molar-refractivity contribution in [2.24, 2.45) is 11.7 Å². The van der Waals surface area contributed by atoms with Crippen LogP contribution in [0, 0.1) is 5.92 Å². The van der Waals surface area contributed by atoms with E-state index in [-0.39, 0.29) is 6.54 Å². The molecule has 2 atom stereocenters. The zero-order chi connectivity index (χ0) is 12.1. The van der Waals surface area contributed by atoms with Crippen molar-refractivity contribution in [2.75, 3.05) is 13.1 Å². The summed E-state index contributed by atoms with van der Waals surface area (Å²) in [5, 5.41) is 10.6. The highest BCUT2D eigenvalue weighted by molar-refractivity contribution is 5.78. The Labute approximate surface area is 85.6 Å². The van der Waals surface area contributed by atoms with Gasteiger partial charge < -0.3 is 16.2 Å². The molecule has 0 saturated carbocycles. The molecule has 0 radical (unpaired) electrons. The van der Waals surface area contributed by atoms with Gasteiger partial charge in [-0.15, -0.1) is 0 Å². The predicted molar refractivity (Wildman–Crippen MR) is 47.9 cm³/mol. The predicted octanol–water partition coefficient (Wildman–Crippen LogP) is 0.0107. The van der Waals surface area contributed by atoms with Crippen LogP contribution in [0.5, 0.6) is 0 Å². The maximum Gasteiger partial charge on any atom is 0.416 e. The lowest BCUT2D eigenvalue weighted by atomic mass is 10.1. The lowest BCUT2D eigenvalue weighted by molar-refractivity contribution is -0.201. The van der Waals surface area contributed by atoms with Crippen molar-refractivity contribution in [3.05, 3.63) is 0 Å². The Kier molecular flexibility index (Phi) is 5.59. The molecule has 2 unspecified atom stereocenters. The van der Waals surface area contributed by atoms with E-state index in [1.807, 2.05) is 5.32 Å². The Morgan fingerprint density at radius 1 is 1.53 bits per heavy atom. The van der Waals surface area contributed by atoms with E-state index >= 15 is 0 Å². The first-order valence-corrected chi connectivity index (χ1v) is 4.51. The van der Waals surface area contributed by atoms with Crippen molar-refractivity contribution in [2.45, 2.75) is 25.6 Å². The summed E-state index contributed by atoms with van der Waals surface area (Å²) in [6.45, 7) is 1.02. The van der Waals surface area contributed by atoms with E-state index in [4.69, 9.17) is 10.8 Å². The van der Waals surface area contributed by atoms with Crippen LogP contribution in [0.1, 0.15) is 13.3 Å². The Morgan fingerprint density at radius 3 is 2.47 bits per heavy atom. The van der Waals surface area contributed by atoms with Gasteiger partial charge in [0.15, 0.2) is 6.10 Å². The van der Waals surface area contributed by atoms with Gasteiger partial charge in [-0.25, -0.2) is 0 Å². The van der Waals surface area contributed by atoms with Crippen molar-refractivity contribution in [1.82, 2.24) is 5.32 Å². The first kappa shape index (κ1) is 14.2. The minimum Gasteiger partial charge on any atom is -0.382 e. The van der Waals surface area contributed by atoms with Gasteiger partial charge in [0.1, 0.15) is 0 Å². The lowest BCUT2D eigenvalue weighted by Gasteiger charge is -2.16. The summed E-state index contributed by atoms with van der Waals surface area (Å²) >= 11 is 0. The van der Waals surface area contributed by atoms with E-state index in [0.29, 0.717) is 6.42 Å². The number of halogens is 3. The standard InChI is InChI=1S/C8H15F3N2O2/c1-5(2-3-12)7(15)13-4-6(14)8(9,10)11/h5-6,14H,2-4,12H2,1H3,(H,13,15). The molecule has 0 rings (SSSR count). The largest absolute Gasteiger partial charge is 0.416 e. The summed E-state index contributed by atoms with van der Waals surface area (Å²) in [5.41, 5.74) is 5.18. The summed E-state index contributed by atoms with van der Waals surface area (Å²) in [6, 6.07) is 0. The number of hydrogen-bond donors (Lipinski definition) is 3. The number of aliphatic hydroxyl groups excluding tert-OH is 1. The van der Waals surface area contributed by atoms with Crippen LogP contribution in [0.15, 0.2) is 0 Å². The van der Waals surface area contributed by atoms with E-state index < -0.39 is 30.7 Å². The summed E-state index contributed by atoms with van der Waals surface area (Å²) in [7, 11) is 0. The van der Waals surface area contributed by atoms with Crippen LogP contribution in [-0.2, 0) is 4.79 Å². The normalized spacial score (nSPS) is 15.9. The molecule has 4 nitrogen and oxygen atoms in total. The van der Waals surface area contributed by atoms with Crippen molar-refractivity contribution in [1.29, 1.82) is 0 Å². The molecule has 0 heterocycles. The molecule has 0 spiro atoms. The fourth-order valence-corrected chi connectivity index (χ4v) is 0.868. The summed E-state index contributed by atoms with van der Waals surface area (Å²) < 4.78 is 35.5. The van der Waals surface area contributed by atoms with Crippen LogP contribution in [0.25, 0.3) is 0 Å². The maximum absolute atomic E-state index is 11.8. The molecule has 0 fully saturated rings. The van der Waals surface area contributed by atoms with E-state index in [0.717, 1.165) is 0 Å². The van der Waals surface area contributed by atoms with Crippen LogP contribution >= 0.6 is 0 Å². The topological polar surface area (TPSA) is 75.4 Å². The molecule has 0 aliphatic heterocycles. The molecule has 4 N–H and O–H groups in total. The summed E-state index contributed by atoms with van der Waals surface area (Å²) in [5.74, 6) is -0.987. The number of nitrogens with two attached hydrogens (primary N) is 1. The van der Waals surface area contributed by atoms with Crippen LogP contribution in [0.3, 0.4) is 0 Å². The quantitative estimate of drug-likeness (QED) is 0.620. The third-order valence-corrected chi connectivity index (χ3v) is 1.89. The molecule has 0 aliphatic carbocycles. The van der Waals surface area contributed by atoms with E-state index in [1.54, 1.807) is 6.92 Å². The zero-order valence-electron chi connectivity index (χ0n) is 8.34. The average molecular weight is 228 g/mol. The first-order valence-electron chi connectivity index (χ1n) is 4.51. The van der Waals surface area contributed by atoms with Crippen molar-refractivity contribution in [3.63, 3.8) is 0 Å². The lowest BCUT2D eigenvalue weighted by Crippen LogP contribution is -2.42. The molecule has 0 aromatic carbocycles. The van der Waals surface area contributed by atoms with Gasteiger partial charge in [-0.1, -0.05) is 6.92 Å². The van der Waals surface area contributed by atoms with Gasteiger partial charge >= 0.3 is 6.18 Å². The first-order chi connectivity index (χ1) is 6.79. The molecule has 0 aromatic rings. The van der Waals surface area contributed by atoms with Crippen molar-refractivity contribution in [3.8, 4) is 0 Å². The van der Waals surface area contributed by atoms with Gasteiger partial charge in [-0.2, -0.15) is 13.2 Å². The van der Waals surface area contributed by atoms with Crippen molar-refractivity contribution < 1.29 is 23.1 Å². The molecule has 1 amide bonds. The van der Waals surface area contributed by atoms with Crippen LogP contribution in [0.4, 0.5) is 13.2 Å². The number of rotatable bonds is 5. The Bertz CT molecular complexity index is 209. The summed E-state index contributed by atoms with van der Waals surface area (Å²) in [4.78, 5) is 11.1. The molecule has 0 bridgehead atoms. The van der Waals surface area contributed by atoms with Gasteiger partial charge in [-0.05, 0) is 13.0 Å². The third kappa shape index (κ3) is 5.58. The van der Waals surface area contributed by atoms with Crippen molar-refractivity contribution >= 4 is 5.91 Å². The monoisotopic (exact) mass is 228 g/mol. The number of alkyl halides is 3. The second-order valence-electron chi connectivity index (χ2n) is 3.28. The van der Waals surface area contributed by atoms with Gasteiger partial charge in [0, 0.05) is 5.92 Å². The molecule has 15 heavy (non-hydrogen) atoms. The SMILES string of the molecule is CC(CCN)C(=O)NCC(O)C(F)(F)F. The fraction of sp³-hybridized carbons (Fsp3) is 0.875. The van der Waals surface area contributed by atoms with Gasteiger partial charge in [-0.3, -0.25) is 4.79 Å². The van der Waals surface area contributed by atoms with E-state index in [1.165, 1.54) is 0 Å². The van der Waals surface area contributed by atoms with Gasteiger partial charge in [0.25, 0.3) is 0 Å². The van der Waals surface area contributed by atoms with E-state index in [9.17, 15) is 18.0 Å². The van der Waals surface area contributed by atoms with Crippen LogP contribution < -0.4 is 11.1 Å². The van der Waals surface area contributed by atoms with Crippen LogP contribution in [0.2, 0.25) is 0 Å². The minimum absolute atomic E-state index is 0.288. The number of amides is 1. The molecule has 0 aromatic heterocycles. The highest BCUT2D eigenvalue weighted by atomic mass is 19.4.